The minimum absolute atomic E-state index is 0.297. The summed E-state index contributed by atoms with van der Waals surface area (Å²) in [6.45, 7) is 6.23. The number of fused-ring (bicyclic) bond motifs is 2. The van der Waals surface area contributed by atoms with Gasteiger partial charge < -0.3 is 13.7 Å². The maximum Gasteiger partial charge on any atom is 0.344 e. The van der Waals surface area contributed by atoms with E-state index in [0.29, 0.717) is 22.8 Å². The van der Waals surface area contributed by atoms with Gasteiger partial charge >= 0.3 is 5.63 Å². The molecular formula is C26H28N4O2. The largest absolute Gasteiger partial charge is 0.421 e. The highest BCUT2D eigenvalue weighted by atomic mass is 16.4. The maximum atomic E-state index is 12.9. The molecule has 4 heterocycles. The van der Waals surface area contributed by atoms with Crippen LogP contribution in [0.4, 0.5) is 0 Å². The van der Waals surface area contributed by atoms with Crippen molar-refractivity contribution in [2.75, 3.05) is 13.1 Å². The van der Waals surface area contributed by atoms with Gasteiger partial charge in [0.25, 0.3) is 0 Å². The molecule has 1 aromatic carbocycles. The van der Waals surface area contributed by atoms with Crippen LogP contribution in [0.1, 0.15) is 55.0 Å². The second-order valence-electron chi connectivity index (χ2n) is 9.46. The number of aryl methyl sites for hydroxylation is 2. The Morgan fingerprint density at radius 1 is 1.00 bits per heavy atom. The summed E-state index contributed by atoms with van der Waals surface area (Å²) in [5.74, 6) is 1.01. The molecule has 0 N–H and O–H groups in total. The number of rotatable bonds is 3. The fourth-order valence-corrected chi connectivity index (χ4v) is 5.36. The van der Waals surface area contributed by atoms with Crippen LogP contribution in [-0.2, 0) is 0 Å². The highest BCUT2D eigenvalue weighted by Crippen LogP contribution is 2.34. The van der Waals surface area contributed by atoms with Gasteiger partial charge in [-0.3, -0.25) is 4.98 Å². The number of aromatic nitrogens is 3. The number of imidazole rings is 1. The zero-order valence-corrected chi connectivity index (χ0v) is 18.7. The van der Waals surface area contributed by atoms with Crippen molar-refractivity contribution < 1.29 is 4.42 Å². The lowest BCUT2D eigenvalue weighted by molar-refractivity contribution is 0.0976. The van der Waals surface area contributed by atoms with E-state index in [1.54, 1.807) is 0 Å². The molecule has 1 aliphatic carbocycles. The molecule has 3 aromatic heterocycles. The van der Waals surface area contributed by atoms with Crippen LogP contribution >= 0.6 is 0 Å². The Bertz CT molecular complexity index is 1370. The molecule has 0 spiro atoms. The average molecular weight is 429 g/mol. The lowest BCUT2D eigenvalue weighted by Gasteiger charge is -2.42. The second-order valence-corrected chi connectivity index (χ2v) is 9.46. The Morgan fingerprint density at radius 3 is 2.56 bits per heavy atom. The molecule has 1 saturated heterocycles. The van der Waals surface area contributed by atoms with Crippen LogP contribution in [0, 0.1) is 13.8 Å². The van der Waals surface area contributed by atoms with Crippen molar-refractivity contribution in [3.8, 4) is 11.5 Å². The summed E-state index contributed by atoms with van der Waals surface area (Å²) >= 11 is 0. The van der Waals surface area contributed by atoms with Gasteiger partial charge in [-0.15, -0.1) is 0 Å². The first-order valence-corrected chi connectivity index (χ1v) is 11.7. The van der Waals surface area contributed by atoms with E-state index in [0.717, 1.165) is 28.5 Å². The van der Waals surface area contributed by atoms with Crippen molar-refractivity contribution in [1.29, 1.82) is 0 Å². The minimum atomic E-state index is -0.297. The minimum Gasteiger partial charge on any atom is -0.421 e. The quantitative estimate of drug-likeness (QED) is 0.467. The molecule has 1 aliphatic heterocycles. The van der Waals surface area contributed by atoms with Crippen molar-refractivity contribution in [3.05, 3.63) is 64.0 Å². The van der Waals surface area contributed by atoms with Crippen LogP contribution in [0.5, 0.6) is 0 Å². The van der Waals surface area contributed by atoms with Gasteiger partial charge in [0.15, 0.2) is 11.4 Å². The van der Waals surface area contributed by atoms with Crippen LogP contribution in [-0.4, -0.2) is 38.4 Å². The van der Waals surface area contributed by atoms with Gasteiger partial charge in [0.2, 0.25) is 0 Å². The molecule has 6 nitrogen and oxygen atoms in total. The Balaban J connectivity index is 1.30. The van der Waals surface area contributed by atoms with E-state index in [4.69, 9.17) is 4.42 Å². The van der Waals surface area contributed by atoms with E-state index in [9.17, 15) is 4.79 Å². The number of likely N-dealkylation sites (tertiary alicyclic amines) is 1. The van der Waals surface area contributed by atoms with Crippen LogP contribution in [0.25, 0.3) is 27.9 Å². The summed E-state index contributed by atoms with van der Waals surface area (Å²) in [4.78, 5) is 24.7. The van der Waals surface area contributed by atoms with Gasteiger partial charge in [-0.25, -0.2) is 9.78 Å². The molecule has 0 atom stereocenters. The summed E-state index contributed by atoms with van der Waals surface area (Å²) < 4.78 is 7.67. The van der Waals surface area contributed by atoms with Crippen LogP contribution in [0.15, 0.2) is 45.9 Å². The molecule has 0 radical (unpaired) electrons. The summed E-state index contributed by atoms with van der Waals surface area (Å²) in [5.41, 5.74) is 4.16. The zero-order valence-electron chi connectivity index (χ0n) is 18.7. The number of hydrogen-bond donors (Lipinski definition) is 0. The molecule has 2 aliphatic rings. The highest BCUT2D eigenvalue weighted by molar-refractivity contribution is 5.84. The smallest absolute Gasteiger partial charge is 0.344 e. The summed E-state index contributed by atoms with van der Waals surface area (Å²) in [6.07, 6.45) is 10.3. The van der Waals surface area contributed by atoms with Crippen LogP contribution < -0.4 is 5.63 Å². The Morgan fingerprint density at radius 2 is 1.81 bits per heavy atom. The van der Waals surface area contributed by atoms with Gasteiger partial charge in [-0.2, -0.15) is 0 Å². The van der Waals surface area contributed by atoms with Crippen molar-refractivity contribution in [3.63, 3.8) is 0 Å². The molecule has 0 bridgehead atoms. The van der Waals surface area contributed by atoms with Crippen molar-refractivity contribution in [2.45, 2.75) is 57.9 Å². The molecule has 0 unspecified atom stereocenters. The second kappa shape index (κ2) is 7.55. The van der Waals surface area contributed by atoms with Gasteiger partial charge in [0.1, 0.15) is 5.69 Å². The van der Waals surface area contributed by atoms with E-state index in [1.165, 1.54) is 50.8 Å². The monoisotopic (exact) mass is 428 g/mol. The van der Waals surface area contributed by atoms with E-state index in [-0.39, 0.29) is 5.63 Å². The molecular weight excluding hydrogens is 400 g/mol. The third kappa shape index (κ3) is 3.34. The first-order chi connectivity index (χ1) is 15.5. The summed E-state index contributed by atoms with van der Waals surface area (Å²) in [7, 11) is 0. The van der Waals surface area contributed by atoms with Crippen molar-refractivity contribution >= 4 is 16.4 Å². The van der Waals surface area contributed by atoms with Gasteiger partial charge in [0.05, 0.1) is 16.8 Å². The fraction of sp³-hybridized carbons (Fsp3) is 0.423. The summed E-state index contributed by atoms with van der Waals surface area (Å²) in [6, 6.07) is 9.06. The number of hydrogen-bond acceptors (Lipinski definition) is 5. The zero-order chi connectivity index (χ0) is 21.8. The van der Waals surface area contributed by atoms with E-state index in [2.05, 4.69) is 33.1 Å². The molecule has 6 heteroatoms. The molecule has 164 valence electrons. The predicted molar refractivity (Wildman–Crippen MR) is 125 cm³/mol. The molecule has 32 heavy (non-hydrogen) atoms. The van der Waals surface area contributed by atoms with Gasteiger partial charge in [-0.05, 0) is 81.6 Å². The average Bonchev–Trinajstić information content (AvgIpc) is 3.17. The Kier molecular flexibility index (Phi) is 4.65. The molecule has 4 aromatic rings. The molecule has 1 saturated carbocycles. The third-order valence-corrected chi connectivity index (χ3v) is 7.36. The Labute approximate surface area is 186 Å². The number of benzene rings is 1. The lowest BCUT2D eigenvalue weighted by Crippen LogP contribution is -2.44. The maximum absolute atomic E-state index is 12.9. The Hall–Kier alpha value is -2.99. The highest BCUT2D eigenvalue weighted by Gasteiger charge is 2.29. The van der Waals surface area contributed by atoms with Gasteiger partial charge in [-0.1, -0.05) is 18.6 Å². The lowest BCUT2D eigenvalue weighted by atomic mass is 9.85. The first kappa shape index (κ1) is 19.7. The number of piperidine rings is 1. The third-order valence-electron chi connectivity index (χ3n) is 7.36. The topological polar surface area (TPSA) is 63.6 Å². The van der Waals surface area contributed by atoms with E-state index >= 15 is 0 Å². The van der Waals surface area contributed by atoms with Gasteiger partial charge in [0, 0.05) is 18.4 Å². The van der Waals surface area contributed by atoms with Crippen molar-refractivity contribution in [2.24, 2.45) is 0 Å². The van der Waals surface area contributed by atoms with E-state index < -0.39 is 0 Å². The standard InChI is InChI=1S/C26H28N4O2/c1-16-14-30-15-23(28-25(30)17(2)27-16)24-13-20-7-6-19(12-22(20)26(31)32-24)18-8-10-29(11-9-18)21-4-3-5-21/h6-7,12-15,18,21H,3-5,8-11H2,1-2H3. The SMILES string of the molecule is Cc1cn2cc(-c3cc4ccc(C5CCN(C6CCC6)CC5)cc4c(=O)o3)nc2c(C)n1. The summed E-state index contributed by atoms with van der Waals surface area (Å²) in [5, 5.41) is 1.56. The normalized spacial score (nSPS) is 18.4. The molecule has 6 rings (SSSR count). The molecule has 2 fully saturated rings. The fourth-order valence-electron chi connectivity index (χ4n) is 5.36. The van der Waals surface area contributed by atoms with Crippen molar-refractivity contribution in [1.82, 2.24) is 19.3 Å². The predicted octanol–water partition coefficient (Wildman–Crippen LogP) is 4.85. The first-order valence-electron chi connectivity index (χ1n) is 11.7. The van der Waals surface area contributed by atoms with Crippen LogP contribution in [0.3, 0.4) is 0 Å². The molecule has 0 amide bonds. The number of nitrogens with zero attached hydrogens (tertiary/aromatic N) is 4. The van der Waals surface area contributed by atoms with Crippen LogP contribution in [0.2, 0.25) is 0 Å². The van der Waals surface area contributed by atoms with E-state index in [1.807, 2.05) is 36.7 Å².